The van der Waals surface area contributed by atoms with E-state index in [1.54, 1.807) is 0 Å². The normalized spacial score (nSPS) is 20.5. The molecular weight excluding hydrogens is 186 g/mol. The first-order valence-electron chi connectivity index (χ1n) is 5.92. The summed E-state index contributed by atoms with van der Waals surface area (Å²) in [5, 5.41) is 7.75. The molecular formula is C12H21N3. The fourth-order valence-corrected chi connectivity index (χ4v) is 2.05. The minimum Gasteiger partial charge on any atom is -0.291 e. The van der Waals surface area contributed by atoms with Crippen molar-refractivity contribution in [3.8, 4) is 0 Å². The van der Waals surface area contributed by atoms with Crippen molar-refractivity contribution >= 4 is 18.6 Å². The van der Waals surface area contributed by atoms with Gasteiger partial charge in [0, 0.05) is 25.4 Å². The van der Waals surface area contributed by atoms with Gasteiger partial charge in [0.1, 0.15) is 0 Å². The highest BCUT2D eigenvalue weighted by Gasteiger charge is 2.16. The SMILES string of the molecule is C=N/N=C(\C=NCC)C1CCCCCC1. The number of hydrogen-bond donors (Lipinski definition) is 0. The first-order valence-corrected chi connectivity index (χ1v) is 5.92. The van der Waals surface area contributed by atoms with Crippen molar-refractivity contribution in [2.24, 2.45) is 21.1 Å². The molecule has 84 valence electrons. The van der Waals surface area contributed by atoms with E-state index < -0.39 is 0 Å². The first kappa shape index (κ1) is 12.1. The summed E-state index contributed by atoms with van der Waals surface area (Å²) in [6, 6.07) is 0. The van der Waals surface area contributed by atoms with Crippen molar-refractivity contribution in [1.82, 2.24) is 0 Å². The second kappa shape index (κ2) is 7.32. The Morgan fingerprint density at radius 3 is 2.47 bits per heavy atom. The lowest BCUT2D eigenvalue weighted by Crippen LogP contribution is -2.15. The molecule has 0 heterocycles. The molecule has 0 spiro atoms. The van der Waals surface area contributed by atoms with Crippen LogP contribution in [0.3, 0.4) is 0 Å². The molecule has 1 fully saturated rings. The zero-order valence-electron chi connectivity index (χ0n) is 9.65. The Bertz CT molecular complexity index is 235. The molecule has 0 aromatic rings. The van der Waals surface area contributed by atoms with Crippen molar-refractivity contribution in [2.75, 3.05) is 6.54 Å². The van der Waals surface area contributed by atoms with Crippen LogP contribution < -0.4 is 0 Å². The third-order valence-electron chi connectivity index (χ3n) is 2.87. The standard InChI is InChI=1S/C12H21N3/c1-3-14-10-12(15-13-2)11-8-6-4-5-7-9-11/h10-11H,2-9H2,1H3/b14-10?,15-12+. The lowest BCUT2D eigenvalue weighted by molar-refractivity contribution is 0.595. The summed E-state index contributed by atoms with van der Waals surface area (Å²) in [4.78, 5) is 4.25. The lowest BCUT2D eigenvalue weighted by atomic mass is 9.95. The molecule has 0 bridgehead atoms. The van der Waals surface area contributed by atoms with Gasteiger partial charge >= 0.3 is 0 Å². The van der Waals surface area contributed by atoms with Gasteiger partial charge in [-0.25, -0.2) is 0 Å². The van der Waals surface area contributed by atoms with Crippen LogP contribution >= 0.6 is 0 Å². The molecule has 0 aliphatic heterocycles. The van der Waals surface area contributed by atoms with Gasteiger partial charge in [0.05, 0.1) is 5.71 Å². The predicted molar refractivity (Wildman–Crippen MR) is 67.2 cm³/mol. The molecule has 0 amide bonds. The molecule has 0 aromatic heterocycles. The topological polar surface area (TPSA) is 37.1 Å². The lowest BCUT2D eigenvalue weighted by Gasteiger charge is -2.12. The van der Waals surface area contributed by atoms with Gasteiger partial charge in [-0.2, -0.15) is 10.2 Å². The Hall–Kier alpha value is -0.990. The highest BCUT2D eigenvalue weighted by atomic mass is 15.2. The van der Waals surface area contributed by atoms with E-state index in [2.05, 4.69) is 21.9 Å². The van der Waals surface area contributed by atoms with Crippen LogP contribution in [0.5, 0.6) is 0 Å². The number of hydrogen-bond acceptors (Lipinski definition) is 3. The van der Waals surface area contributed by atoms with Crippen molar-refractivity contribution in [3.05, 3.63) is 0 Å². The van der Waals surface area contributed by atoms with Crippen molar-refractivity contribution in [2.45, 2.75) is 45.4 Å². The van der Waals surface area contributed by atoms with Crippen molar-refractivity contribution < 1.29 is 0 Å². The molecule has 0 saturated heterocycles. The van der Waals surface area contributed by atoms with Crippen LogP contribution in [0.25, 0.3) is 0 Å². The second-order valence-electron chi connectivity index (χ2n) is 3.98. The minimum atomic E-state index is 0.549. The molecule has 1 aliphatic rings. The summed E-state index contributed by atoms with van der Waals surface area (Å²) < 4.78 is 0. The Morgan fingerprint density at radius 2 is 1.93 bits per heavy atom. The van der Waals surface area contributed by atoms with Gasteiger partial charge in [0.15, 0.2) is 0 Å². The Morgan fingerprint density at radius 1 is 1.27 bits per heavy atom. The van der Waals surface area contributed by atoms with Gasteiger partial charge in [0.2, 0.25) is 0 Å². The number of aliphatic imine (C=N–C) groups is 1. The van der Waals surface area contributed by atoms with Crippen LogP contribution in [-0.4, -0.2) is 25.2 Å². The average molecular weight is 207 g/mol. The van der Waals surface area contributed by atoms with E-state index in [-0.39, 0.29) is 0 Å². The number of nitrogens with zero attached hydrogens (tertiary/aromatic N) is 3. The molecule has 0 radical (unpaired) electrons. The first-order chi connectivity index (χ1) is 7.38. The van der Waals surface area contributed by atoms with E-state index in [4.69, 9.17) is 0 Å². The number of rotatable bonds is 4. The fraction of sp³-hybridized carbons (Fsp3) is 0.750. The van der Waals surface area contributed by atoms with Crippen LogP contribution in [-0.2, 0) is 0 Å². The van der Waals surface area contributed by atoms with E-state index in [1.807, 2.05) is 13.1 Å². The molecule has 1 aliphatic carbocycles. The summed E-state index contributed by atoms with van der Waals surface area (Å²) in [5.74, 6) is 0.549. The van der Waals surface area contributed by atoms with Crippen LogP contribution in [0.2, 0.25) is 0 Å². The van der Waals surface area contributed by atoms with Crippen LogP contribution in [0.15, 0.2) is 15.2 Å². The van der Waals surface area contributed by atoms with Gasteiger partial charge in [-0.3, -0.25) is 4.99 Å². The van der Waals surface area contributed by atoms with Gasteiger partial charge in [0.25, 0.3) is 0 Å². The fourth-order valence-electron chi connectivity index (χ4n) is 2.05. The van der Waals surface area contributed by atoms with E-state index >= 15 is 0 Å². The van der Waals surface area contributed by atoms with Gasteiger partial charge < -0.3 is 0 Å². The highest BCUT2D eigenvalue weighted by molar-refractivity contribution is 6.31. The van der Waals surface area contributed by atoms with Crippen molar-refractivity contribution in [1.29, 1.82) is 0 Å². The van der Waals surface area contributed by atoms with Crippen LogP contribution in [0.4, 0.5) is 0 Å². The van der Waals surface area contributed by atoms with Gasteiger partial charge in [-0.05, 0) is 19.8 Å². The zero-order valence-corrected chi connectivity index (χ0v) is 9.65. The molecule has 0 aromatic carbocycles. The maximum absolute atomic E-state index is 4.25. The van der Waals surface area contributed by atoms with E-state index in [1.165, 1.54) is 38.5 Å². The van der Waals surface area contributed by atoms with Crippen LogP contribution in [0.1, 0.15) is 45.4 Å². The maximum Gasteiger partial charge on any atom is 0.0838 e. The van der Waals surface area contributed by atoms with Crippen LogP contribution in [0, 0.1) is 5.92 Å². The quantitative estimate of drug-likeness (QED) is 0.386. The second-order valence-corrected chi connectivity index (χ2v) is 3.98. The minimum absolute atomic E-state index is 0.549. The monoisotopic (exact) mass is 207 g/mol. The largest absolute Gasteiger partial charge is 0.291 e. The van der Waals surface area contributed by atoms with Gasteiger partial charge in [-0.1, -0.05) is 25.7 Å². The molecule has 1 rings (SSSR count). The molecule has 0 N–H and O–H groups in total. The Kier molecular flexibility index (Phi) is 5.90. The van der Waals surface area contributed by atoms with Gasteiger partial charge in [-0.15, -0.1) is 0 Å². The molecule has 3 nitrogen and oxygen atoms in total. The Balaban J connectivity index is 2.64. The average Bonchev–Trinajstić information content (AvgIpc) is 2.52. The summed E-state index contributed by atoms with van der Waals surface area (Å²) >= 11 is 0. The van der Waals surface area contributed by atoms with E-state index in [9.17, 15) is 0 Å². The molecule has 0 atom stereocenters. The molecule has 15 heavy (non-hydrogen) atoms. The maximum atomic E-state index is 4.25. The summed E-state index contributed by atoms with van der Waals surface area (Å²) in [6.45, 7) is 6.27. The van der Waals surface area contributed by atoms with Crippen molar-refractivity contribution in [3.63, 3.8) is 0 Å². The van der Waals surface area contributed by atoms with E-state index in [0.717, 1.165) is 12.3 Å². The summed E-state index contributed by atoms with van der Waals surface area (Å²) in [6.07, 6.45) is 9.66. The zero-order chi connectivity index (χ0) is 10.9. The highest BCUT2D eigenvalue weighted by Crippen LogP contribution is 2.23. The molecule has 3 heteroatoms. The molecule has 1 saturated carbocycles. The summed E-state index contributed by atoms with van der Waals surface area (Å²) in [7, 11) is 0. The predicted octanol–water partition coefficient (Wildman–Crippen LogP) is 3.10. The Labute approximate surface area is 92.4 Å². The third-order valence-corrected chi connectivity index (χ3v) is 2.87. The van der Waals surface area contributed by atoms with E-state index in [0.29, 0.717) is 5.92 Å². The summed E-state index contributed by atoms with van der Waals surface area (Å²) in [5.41, 5.74) is 1.02. The molecule has 0 unspecified atom stereocenters. The smallest absolute Gasteiger partial charge is 0.0838 e. The third kappa shape index (κ3) is 4.36.